The van der Waals surface area contributed by atoms with Crippen LogP contribution in [0.4, 0.5) is 5.69 Å². The summed E-state index contributed by atoms with van der Waals surface area (Å²) in [7, 11) is 0. The predicted octanol–water partition coefficient (Wildman–Crippen LogP) is 3.05. The number of likely N-dealkylation sites (tertiary alicyclic amines) is 1. The van der Waals surface area contributed by atoms with Crippen LogP contribution in [0, 0.1) is 13.8 Å². The summed E-state index contributed by atoms with van der Waals surface area (Å²) in [4.78, 5) is 7.28. The zero-order valence-corrected chi connectivity index (χ0v) is 13.8. The average molecular weight is 300 g/mol. The summed E-state index contributed by atoms with van der Waals surface area (Å²) in [6, 6.07) is 7.50. The molecule has 4 heteroatoms. The van der Waals surface area contributed by atoms with Gasteiger partial charge in [-0.15, -0.1) is 0 Å². The molecule has 1 saturated heterocycles. The number of aliphatic imine (C=N–C) groups is 1. The van der Waals surface area contributed by atoms with Gasteiger partial charge >= 0.3 is 0 Å². The van der Waals surface area contributed by atoms with Crippen molar-refractivity contribution in [2.45, 2.75) is 58.0 Å². The Bertz CT molecular complexity index is 520. The number of nitrogens with zero attached hydrogens (tertiary/aromatic N) is 2. The Hall–Kier alpha value is -1.55. The first-order valence-electron chi connectivity index (χ1n) is 8.53. The van der Waals surface area contributed by atoms with Crippen LogP contribution in [0.2, 0.25) is 0 Å². The fourth-order valence-corrected chi connectivity index (χ4v) is 3.67. The predicted molar refractivity (Wildman–Crippen MR) is 93.4 cm³/mol. The van der Waals surface area contributed by atoms with Gasteiger partial charge in [-0.05, 0) is 75.9 Å². The van der Waals surface area contributed by atoms with E-state index in [2.05, 4.69) is 47.3 Å². The number of guanidine groups is 1. The average Bonchev–Trinajstić information content (AvgIpc) is 2.42. The van der Waals surface area contributed by atoms with Gasteiger partial charge in [0.05, 0.1) is 6.04 Å². The van der Waals surface area contributed by atoms with Crippen molar-refractivity contribution in [1.82, 2.24) is 4.90 Å². The van der Waals surface area contributed by atoms with Gasteiger partial charge in [-0.2, -0.15) is 0 Å². The van der Waals surface area contributed by atoms with Gasteiger partial charge in [-0.25, -0.2) is 4.99 Å². The Balaban J connectivity index is 1.50. The van der Waals surface area contributed by atoms with Gasteiger partial charge < -0.3 is 16.0 Å². The molecule has 1 aliphatic heterocycles. The highest BCUT2D eigenvalue weighted by Crippen LogP contribution is 2.30. The Morgan fingerprint density at radius 1 is 1.09 bits per heavy atom. The number of aryl methyl sites for hydroxylation is 2. The third-order valence-corrected chi connectivity index (χ3v) is 4.81. The molecule has 0 spiro atoms. The van der Waals surface area contributed by atoms with Gasteiger partial charge in [-0.1, -0.05) is 12.5 Å². The molecule has 1 aliphatic carbocycles. The summed E-state index contributed by atoms with van der Waals surface area (Å²) < 4.78 is 0. The topological polar surface area (TPSA) is 53.6 Å². The third kappa shape index (κ3) is 3.80. The molecule has 3 rings (SSSR count). The Morgan fingerprint density at radius 3 is 2.36 bits per heavy atom. The number of anilines is 1. The highest BCUT2D eigenvalue weighted by atomic mass is 15.2. The van der Waals surface area contributed by atoms with Gasteiger partial charge in [0.1, 0.15) is 0 Å². The number of rotatable bonds is 3. The van der Waals surface area contributed by atoms with E-state index >= 15 is 0 Å². The lowest BCUT2D eigenvalue weighted by molar-refractivity contribution is 0.0912. The first-order chi connectivity index (χ1) is 10.6. The number of nitrogens with one attached hydrogen (secondary N) is 1. The zero-order chi connectivity index (χ0) is 15.5. The first-order valence-corrected chi connectivity index (χ1v) is 8.53. The molecular formula is C18H28N4. The van der Waals surface area contributed by atoms with Gasteiger partial charge in [-0.3, -0.25) is 0 Å². The molecular weight excluding hydrogens is 272 g/mol. The second-order valence-corrected chi connectivity index (χ2v) is 6.89. The molecule has 2 aliphatic rings. The molecule has 0 unspecified atom stereocenters. The van der Waals surface area contributed by atoms with Crippen LogP contribution < -0.4 is 11.1 Å². The van der Waals surface area contributed by atoms with Crippen molar-refractivity contribution in [3.05, 3.63) is 29.3 Å². The van der Waals surface area contributed by atoms with Crippen molar-refractivity contribution in [2.24, 2.45) is 10.7 Å². The summed E-state index contributed by atoms with van der Waals surface area (Å²) in [6.45, 7) is 6.75. The van der Waals surface area contributed by atoms with Crippen LogP contribution in [0.1, 0.15) is 43.2 Å². The lowest BCUT2D eigenvalue weighted by Gasteiger charge is -2.43. The fourth-order valence-electron chi connectivity index (χ4n) is 3.67. The Morgan fingerprint density at radius 2 is 1.73 bits per heavy atom. The van der Waals surface area contributed by atoms with Crippen molar-refractivity contribution in [1.29, 1.82) is 0 Å². The van der Waals surface area contributed by atoms with E-state index in [1.54, 1.807) is 0 Å². The summed E-state index contributed by atoms with van der Waals surface area (Å²) in [5.74, 6) is 0.548. The highest BCUT2D eigenvalue weighted by Gasteiger charge is 2.33. The maximum absolute atomic E-state index is 6.07. The van der Waals surface area contributed by atoms with E-state index in [0.29, 0.717) is 12.0 Å². The number of benzene rings is 1. The lowest BCUT2D eigenvalue weighted by atomic mass is 9.85. The summed E-state index contributed by atoms with van der Waals surface area (Å²) >= 11 is 0. The van der Waals surface area contributed by atoms with E-state index in [0.717, 1.165) is 24.6 Å². The molecule has 2 fully saturated rings. The van der Waals surface area contributed by atoms with Crippen molar-refractivity contribution in [3.8, 4) is 0 Å². The van der Waals surface area contributed by atoms with Crippen LogP contribution in [-0.2, 0) is 0 Å². The largest absolute Gasteiger partial charge is 0.370 e. The Kier molecular flexibility index (Phi) is 4.67. The standard InChI is InChI=1S/C18H28N4/c1-13-8-14(2)10-15(9-13)20-18(19)21-16-11-17(12-16)22-6-4-3-5-7-22/h8-10,16-17H,3-7,11-12H2,1-2H3,(H3,19,20,21). The second kappa shape index (κ2) is 6.69. The summed E-state index contributed by atoms with van der Waals surface area (Å²) in [5.41, 5.74) is 9.58. The normalized spacial score (nSPS) is 26.5. The number of piperidine rings is 1. The number of hydrogen-bond donors (Lipinski definition) is 2. The quantitative estimate of drug-likeness (QED) is 0.666. The number of nitrogens with two attached hydrogens (primary N) is 1. The van der Waals surface area contributed by atoms with Crippen LogP contribution in [0.25, 0.3) is 0 Å². The second-order valence-electron chi connectivity index (χ2n) is 6.89. The minimum atomic E-state index is 0.394. The van der Waals surface area contributed by atoms with Crippen LogP contribution in [-0.4, -0.2) is 36.0 Å². The molecule has 1 aromatic rings. The Labute approximate surface area is 133 Å². The van der Waals surface area contributed by atoms with Gasteiger partial charge in [0.25, 0.3) is 0 Å². The van der Waals surface area contributed by atoms with E-state index in [4.69, 9.17) is 5.73 Å². The molecule has 3 N–H and O–H groups in total. The molecule has 4 nitrogen and oxygen atoms in total. The third-order valence-electron chi connectivity index (χ3n) is 4.81. The van der Waals surface area contributed by atoms with Crippen molar-refractivity contribution in [2.75, 3.05) is 18.4 Å². The van der Waals surface area contributed by atoms with Crippen LogP contribution >= 0.6 is 0 Å². The molecule has 0 bridgehead atoms. The molecule has 120 valence electrons. The zero-order valence-electron chi connectivity index (χ0n) is 13.8. The smallest absolute Gasteiger partial charge is 0.193 e. The molecule has 0 aromatic heterocycles. The van der Waals surface area contributed by atoms with Crippen molar-refractivity contribution >= 4 is 11.6 Å². The van der Waals surface area contributed by atoms with Gasteiger partial charge in [0.2, 0.25) is 0 Å². The SMILES string of the molecule is Cc1cc(C)cc(NC(N)=NC2CC(N3CCCCC3)C2)c1. The molecule has 0 atom stereocenters. The van der Waals surface area contributed by atoms with E-state index in [9.17, 15) is 0 Å². The molecule has 1 saturated carbocycles. The fraction of sp³-hybridized carbons (Fsp3) is 0.611. The van der Waals surface area contributed by atoms with E-state index in [-0.39, 0.29) is 0 Å². The number of hydrogen-bond acceptors (Lipinski definition) is 2. The highest BCUT2D eigenvalue weighted by molar-refractivity contribution is 5.92. The monoisotopic (exact) mass is 300 g/mol. The van der Waals surface area contributed by atoms with Crippen molar-refractivity contribution in [3.63, 3.8) is 0 Å². The minimum absolute atomic E-state index is 0.394. The maximum Gasteiger partial charge on any atom is 0.193 e. The maximum atomic E-state index is 6.07. The van der Waals surface area contributed by atoms with Crippen LogP contribution in [0.3, 0.4) is 0 Å². The van der Waals surface area contributed by atoms with Crippen LogP contribution in [0.15, 0.2) is 23.2 Å². The molecule has 1 aromatic carbocycles. The first kappa shape index (κ1) is 15.3. The molecule has 0 amide bonds. The molecule has 1 heterocycles. The lowest BCUT2D eigenvalue weighted by Crippen LogP contribution is -2.49. The van der Waals surface area contributed by atoms with E-state index in [1.165, 1.54) is 43.5 Å². The molecule has 22 heavy (non-hydrogen) atoms. The minimum Gasteiger partial charge on any atom is -0.370 e. The van der Waals surface area contributed by atoms with Crippen molar-refractivity contribution < 1.29 is 0 Å². The molecule has 0 radical (unpaired) electrons. The van der Waals surface area contributed by atoms with Crippen LogP contribution in [0.5, 0.6) is 0 Å². The summed E-state index contributed by atoms with van der Waals surface area (Å²) in [5, 5.41) is 3.23. The van der Waals surface area contributed by atoms with E-state index < -0.39 is 0 Å². The van der Waals surface area contributed by atoms with Gasteiger partial charge in [0, 0.05) is 11.7 Å². The van der Waals surface area contributed by atoms with Gasteiger partial charge in [0.15, 0.2) is 5.96 Å². The summed E-state index contributed by atoms with van der Waals surface area (Å²) in [6.07, 6.45) is 6.45. The van der Waals surface area contributed by atoms with E-state index in [1.807, 2.05) is 0 Å².